The third-order valence-electron chi connectivity index (χ3n) is 6.16. The third kappa shape index (κ3) is 4.11. The molecule has 1 unspecified atom stereocenters. The first-order valence-electron chi connectivity index (χ1n) is 11.1. The minimum absolute atomic E-state index is 0.0850. The number of anilines is 1. The maximum atomic E-state index is 13.0. The zero-order valence-corrected chi connectivity index (χ0v) is 18.8. The molecule has 0 bridgehead atoms. The zero-order valence-electron chi connectivity index (χ0n) is 18.8. The summed E-state index contributed by atoms with van der Waals surface area (Å²) in [5, 5.41) is 8.63. The fraction of sp³-hybridized carbons (Fsp3) is 0.280. The topological polar surface area (TPSA) is 75.7 Å². The van der Waals surface area contributed by atoms with Crippen LogP contribution in [0.4, 0.5) is 5.69 Å². The van der Waals surface area contributed by atoms with Gasteiger partial charge in [0.05, 0.1) is 5.69 Å². The number of hydrogen-bond acceptors (Lipinski definition) is 5. The van der Waals surface area contributed by atoms with Gasteiger partial charge in [-0.3, -0.25) is 9.59 Å². The molecule has 8 nitrogen and oxygen atoms in total. The highest BCUT2D eigenvalue weighted by Gasteiger charge is 2.27. The molecule has 1 amide bonds. The number of fused-ring (bicyclic) bond motifs is 1. The van der Waals surface area contributed by atoms with E-state index in [9.17, 15) is 9.59 Å². The van der Waals surface area contributed by atoms with E-state index in [-0.39, 0.29) is 24.1 Å². The van der Waals surface area contributed by atoms with E-state index in [2.05, 4.69) is 53.2 Å². The van der Waals surface area contributed by atoms with Gasteiger partial charge in [-0.25, -0.2) is 9.20 Å². The van der Waals surface area contributed by atoms with Crippen LogP contribution in [-0.4, -0.2) is 55.9 Å². The Labute approximate surface area is 191 Å². The molecule has 33 heavy (non-hydrogen) atoms. The molecule has 8 heteroatoms. The predicted octanol–water partition coefficient (Wildman–Crippen LogP) is 2.60. The van der Waals surface area contributed by atoms with Crippen molar-refractivity contribution in [3.63, 3.8) is 0 Å². The molecule has 1 fully saturated rings. The highest BCUT2D eigenvalue weighted by Crippen LogP contribution is 2.22. The number of aryl methyl sites for hydroxylation is 1. The lowest BCUT2D eigenvalue weighted by molar-refractivity contribution is -0.132. The summed E-state index contributed by atoms with van der Waals surface area (Å²) in [6, 6.07) is 20.0. The van der Waals surface area contributed by atoms with Crippen molar-refractivity contribution >= 4 is 17.1 Å². The van der Waals surface area contributed by atoms with Crippen LogP contribution in [0.5, 0.6) is 0 Å². The molecule has 2 aromatic heterocycles. The molecule has 1 aliphatic heterocycles. The molecule has 1 aliphatic rings. The molecule has 1 atom stereocenters. The van der Waals surface area contributed by atoms with Gasteiger partial charge in [-0.15, -0.1) is 0 Å². The van der Waals surface area contributed by atoms with Crippen LogP contribution in [0.15, 0.2) is 71.8 Å². The maximum Gasteiger partial charge on any atom is 0.293 e. The molecule has 3 heterocycles. The molecule has 4 aromatic rings. The highest BCUT2D eigenvalue weighted by atomic mass is 16.2. The van der Waals surface area contributed by atoms with E-state index in [1.165, 1.54) is 26.8 Å². The van der Waals surface area contributed by atoms with E-state index in [1.54, 1.807) is 6.07 Å². The van der Waals surface area contributed by atoms with Crippen molar-refractivity contribution in [2.45, 2.75) is 26.4 Å². The van der Waals surface area contributed by atoms with Crippen molar-refractivity contribution < 1.29 is 4.79 Å². The fourth-order valence-electron chi connectivity index (χ4n) is 4.40. The van der Waals surface area contributed by atoms with Gasteiger partial charge in [0.1, 0.15) is 18.4 Å². The van der Waals surface area contributed by atoms with Crippen molar-refractivity contribution in [2.75, 3.05) is 24.5 Å². The van der Waals surface area contributed by atoms with Gasteiger partial charge in [0, 0.05) is 36.9 Å². The lowest BCUT2D eigenvalue weighted by Crippen LogP contribution is -2.54. The molecule has 5 rings (SSSR count). The minimum Gasteiger partial charge on any atom is -0.365 e. The Hall–Kier alpha value is -3.94. The molecular formula is C25H26N6O2. The first kappa shape index (κ1) is 20.9. The second kappa shape index (κ2) is 8.54. The summed E-state index contributed by atoms with van der Waals surface area (Å²) >= 11 is 0. The first-order valence-corrected chi connectivity index (χ1v) is 11.1. The number of hydrogen-bond donors (Lipinski definition) is 0. The summed E-state index contributed by atoms with van der Waals surface area (Å²) in [7, 11) is 0. The Morgan fingerprint density at radius 3 is 2.64 bits per heavy atom. The van der Waals surface area contributed by atoms with E-state index >= 15 is 0 Å². The Morgan fingerprint density at radius 1 is 1.06 bits per heavy atom. The molecule has 2 aromatic carbocycles. The molecule has 0 N–H and O–H groups in total. The van der Waals surface area contributed by atoms with Gasteiger partial charge in [0.15, 0.2) is 0 Å². The van der Waals surface area contributed by atoms with Gasteiger partial charge in [0.2, 0.25) is 5.91 Å². The summed E-state index contributed by atoms with van der Waals surface area (Å²) in [6.45, 7) is 6.08. The Bertz CT molecular complexity index is 1360. The molecule has 0 saturated carbocycles. The van der Waals surface area contributed by atoms with Crippen LogP contribution in [-0.2, 0) is 11.3 Å². The number of piperazine rings is 1. The van der Waals surface area contributed by atoms with Crippen molar-refractivity contribution in [1.82, 2.24) is 24.3 Å². The van der Waals surface area contributed by atoms with E-state index < -0.39 is 0 Å². The van der Waals surface area contributed by atoms with Gasteiger partial charge in [-0.2, -0.15) is 10.2 Å². The molecule has 168 valence electrons. The third-order valence-corrected chi connectivity index (χ3v) is 6.16. The molecule has 0 spiro atoms. The van der Waals surface area contributed by atoms with Crippen LogP contribution in [0.3, 0.4) is 0 Å². The SMILES string of the molecule is Cc1cccc(N2CCN(C(=O)Cn3ncn4nc(-c5ccccc5)cc4c3=O)CC2C)c1. The molecule has 1 saturated heterocycles. The van der Waals surface area contributed by atoms with Crippen LogP contribution >= 0.6 is 0 Å². The van der Waals surface area contributed by atoms with Crippen molar-refractivity contribution in [2.24, 2.45) is 0 Å². The maximum absolute atomic E-state index is 13.0. The molecule has 0 aliphatic carbocycles. The molecule has 0 radical (unpaired) electrons. The number of carbonyl (C=O) groups excluding carboxylic acids is 1. The van der Waals surface area contributed by atoms with Crippen molar-refractivity contribution in [3.8, 4) is 11.3 Å². The lowest BCUT2D eigenvalue weighted by atomic mass is 10.1. The normalized spacial score (nSPS) is 16.4. The largest absolute Gasteiger partial charge is 0.365 e. The van der Waals surface area contributed by atoms with Crippen LogP contribution in [0, 0.1) is 6.92 Å². The monoisotopic (exact) mass is 442 g/mol. The van der Waals surface area contributed by atoms with Gasteiger partial charge >= 0.3 is 0 Å². The van der Waals surface area contributed by atoms with Gasteiger partial charge < -0.3 is 9.80 Å². The van der Waals surface area contributed by atoms with E-state index in [1.807, 2.05) is 35.2 Å². The highest BCUT2D eigenvalue weighted by molar-refractivity contribution is 5.76. The molecular weight excluding hydrogens is 416 g/mol. The van der Waals surface area contributed by atoms with E-state index in [4.69, 9.17) is 0 Å². The predicted molar refractivity (Wildman–Crippen MR) is 127 cm³/mol. The van der Waals surface area contributed by atoms with Crippen molar-refractivity contribution in [1.29, 1.82) is 0 Å². The number of aromatic nitrogens is 4. The number of benzene rings is 2. The number of nitrogens with zero attached hydrogens (tertiary/aromatic N) is 6. The quantitative estimate of drug-likeness (QED) is 0.486. The van der Waals surface area contributed by atoms with Crippen LogP contribution < -0.4 is 10.5 Å². The summed E-state index contributed by atoms with van der Waals surface area (Å²) in [5.74, 6) is -0.104. The van der Waals surface area contributed by atoms with Crippen molar-refractivity contribution in [3.05, 3.63) is 82.9 Å². The fourth-order valence-corrected chi connectivity index (χ4v) is 4.40. The standard InChI is InChI=1S/C25H26N6O2/c1-18-7-6-10-21(13-18)29-12-11-28(15-19(29)2)24(32)16-30-25(33)23-14-22(27-31(23)17-26-30)20-8-4-3-5-9-20/h3-10,13-14,17,19H,11-12,15-16H2,1-2H3. The summed E-state index contributed by atoms with van der Waals surface area (Å²) in [6.07, 6.45) is 1.48. The second-order valence-corrected chi connectivity index (χ2v) is 8.54. The average molecular weight is 443 g/mol. The number of carbonyl (C=O) groups is 1. The van der Waals surface area contributed by atoms with E-state index in [0.29, 0.717) is 24.3 Å². The van der Waals surface area contributed by atoms with Gasteiger partial charge in [-0.05, 0) is 37.6 Å². The average Bonchev–Trinajstić information content (AvgIpc) is 3.27. The summed E-state index contributed by atoms with van der Waals surface area (Å²) in [5.41, 5.74) is 4.08. The van der Waals surface area contributed by atoms with Gasteiger partial charge in [0.25, 0.3) is 5.56 Å². The minimum atomic E-state index is -0.327. The van der Waals surface area contributed by atoms with Crippen LogP contribution in [0.2, 0.25) is 0 Å². The summed E-state index contributed by atoms with van der Waals surface area (Å²) < 4.78 is 2.69. The number of rotatable bonds is 4. The Morgan fingerprint density at radius 2 is 1.88 bits per heavy atom. The smallest absolute Gasteiger partial charge is 0.293 e. The van der Waals surface area contributed by atoms with Crippen LogP contribution in [0.1, 0.15) is 12.5 Å². The number of amides is 1. The van der Waals surface area contributed by atoms with E-state index in [0.717, 1.165) is 12.1 Å². The zero-order chi connectivity index (χ0) is 22.9. The Kier molecular flexibility index (Phi) is 5.42. The first-order chi connectivity index (χ1) is 16.0. The summed E-state index contributed by atoms with van der Waals surface area (Å²) in [4.78, 5) is 30.1. The second-order valence-electron chi connectivity index (χ2n) is 8.54. The Balaban J connectivity index is 1.31. The van der Waals surface area contributed by atoms with Gasteiger partial charge in [-0.1, -0.05) is 42.5 Å². The van der Waals surface area contributed by atoms with Crippen LogP contribution in [0.25, 0.3) is 16.8 Å². The lowest BCUT2D eigenvalue weighted by Gasteiger charge is -2.41.